The molecule has 4 aliphatic rings. The summed E-state index contributed by atoms with van der Waals surface area (Å²) in [5.74, 6) is 1.43. The largest absolute Gasteiger partial charge is 0.414 e. The Hall–Kier alpha value is -0.0962. The van der Waals surface area contributed by atoms with Gasteiger partial charge in [0.1, 0.15) is 6.29 Å². The summed E-state index contributed by atoms with van der Waals surface area (Å²) in [7, 11) is -3.86. The van der Waals surface area contributed by atoms with Crippen LogP contribution in [0, 0.1) is 45.3 Å². The summed E-state index contributed by atoms with van der Waals surface area (Å²) in [4.78, 5) is 11.8. The first kappa shape index (κ1) is 38.1. The van der Waals surface area contributed by atoms with E-state index in [9.17, 15) is 20.1 Å². The molecule has 6 nitrogen and oxygen atoms in total. The Kier molecular flexibility index (Phi) is 12.6. The van der Waals surface area contributed by atoms with Crippen molar-refractivity contribution in [3.05, 3.63) is 0 Å². The van der Waals surface area contributed by atoms with Crippen molar-refractivity contribution in [1.29, 1.82) is 0 Å². The van der Waals surface area contributed by atoms with E-state index in [4.69, 9.17) is 25.3 Å². The Morgan fingerprint density at radius 2 is 1.00 bits per heavy atom. The summed E-state index contributed by atoms with van der Waals surface area (Å²) in [6.07, 6.45) is 13.9. The number of aliphatic hydroxyl groups excluding tert-OH is 1. The summed E-state index contributed by atoms with van der Waals surface area (Å²) in [5.41, 5.74) is -6.09. The lowest BCUT2D eigenvalue weighted by molar-refractivity contribution is -0.112. The second-order valence-corrected chi connectivity index (χ2v) is 34.2. The first-order chi connectivity index (χ1) is 32.1. The van der Waals surface area contributed by atoms with Gasteiger partial charge in [-0.1, -0.05) is 94.9 Å². The van der Waals surface area contributed by atoms with Gasteiger partial charge in [-0.15, -0.1) is 0 Å². The van der Waals surface area contributed by atoms with Crippen LogP contribution in [-0.2, 0) is 13.6 Å². The number of aliphatic hydroxyl groups is 3. The first-order valence-corrected chi connectivity index (χ1v) is 29.8. The molecule has 4 fully saturated rings. The molecule has 10 atom stereocenters. The molecule has 0 heterocycles. The Morgan fingerprint density at radius 1 is 0.617 bits per heavy atom. The highest BCUT2D eigenvalue weighted by atomic mass is 28.4. The van der Waals surface area contributed by atoms with Crippen LogP contribution >= 0.6 is 0 Å². The lowest BCUT2D eigenvalue weighted by Gasteiger charge is -2.52. The Morgan fingerprint density at radius 3 is 1.35 bits per heavy atom. The van der Waals surface area contributed by atoms with Crippen molar-refractivity contribution < 1.29 is 45.4 Å². The summed E-state index contributed by atoms with van der Waals surface area (Å²) >= 11 is 0. The monoisotopic (exact) mass is 891 g/mol. The maximum absolute atomic E-state index is 11.8. The molecule has 0 saturated heterocycles. The number of aldehydes is 1. The third kappa shape index (κ3) is 13.0. The summed E-state index contributed by atoms with van der Waals surface area (Å²) < 4.78 is 106. The third-order valence-corrected chi connectivity index (χ3v) is 27.1. The number of carbonyl (C=O) groups excluding carboxylic acids is 1. The second-order valence-electron chi connectivity index (χ2n) is 24.7. The van der Waals surface area contributed by atoms with Gasteiger partial charge < -0.3 is 29.0 Å². The standard InChI is InChI=1S/C26H52O3Si.C26H50O3Si/c2*1-23(2,3)30(8,9)29-21-12-10-17-26(7)20(21)13-14-22(26)25(6,18-19-27)16-11-15-24(4,5)28/h20-22,27-28H,10-19H2,1-9H3;19-22,28H,10-18H2,1-9H3/t2*20?,21-,22+,25?,26-/m00/s1/i2*4D3,5D3. The molecule has 0 aromatic heterocycles. The molecule has 3 N–H and O–H groups in total. The summed E-state index contributed by atoms with van der Waals surface area (Å²) in [5, 5.41) is 31.7. The van der Waals surface area contributed by atoms with E-state index in [0.717, 1.165) is 70.5 Å². The molecule has 4 saturated carbocycles. The quantitative estimate of drug-likeness (QED) is 0.0937. The lowest BCUT2D eigenvalue weighted by Crippen LogP contribution is -2.51. The normalized spacial score (nSPS) is 36.4. The number of carbonyl (C=O) groups is 1. The molecule has 0 amide bonds. The zero-order valence-electron chi connectivity index (χ0n) is 53.0. The second kappa shape index (κ2) is 19.8. The van der Waals surface area contributed by atoms with Crippen molar-refractivity contribution in [1.82, 2.24) is 0 Å². The van der Waals surface area contributed by atoms with Crippen molar-refractivity contribution in [2.45, 2.75) is 272 Å². The number of fused-ring (bicyclic) bond motifs is 2. The molecule has 0 aromatic carbocycles. The van der Waals surface area contributed by atoms with Crippen LogP contribution in [0.4, 0.5) is 0 Å². The minimum atomic E-state index is -3.01. The van der Waals surface area contributed by atoms with Gasteiger partial charge in [0.05, 0.1) is 11.2 Å². The van der Waals surface area contributed by atoms with Crippen LogP contribution in [0.25, 0.3) is 0 Å². The average Bonchev–Trinajstić information content (AvgIpc) is 3.74. The highest BCUT2D eigenvalue weighted by molar-refractivity contribution is 6.74. The molecule has 8 heteroatoms. The van der Waals surface area contributed by atoms with Crippen LogP contribution < -0.4 is 0 Å². The smallest absolute Gasteiger partial charge is 0.192 e. The zero-order valence-corrected chi connectivity index (χ0v) is 43.0. The highest BCUT2D eigenvalue weighted by Crippen LogP contribution is 2.65. The van der Waals surface area contributed by atoms with E-state index in [-0.39, 0.29) is 76.7 Å². The van der Waals surface area contributed by atoms with Gasteiger partial charge in [-0.05, 0) is 192 Å². The van der Waals surface area contributed by atoms with E-state index < -0.39 is 60.7 Å². The van der Waals surface area contributed by atoms with Gasteiger partial charge in [0.25, 0.3) is 0 Å². The molecule has 4 unspecified atom stereocenters. The Labute approximate surface area is 391 Å². The molecule has 0 aliphatic heterocycles. The van der Waals surface area contributed by atoms with Crippen LogP contribution in [0.15, 0.2) is 0 Å². The van der Waals surface area contributed by atoms with Gasteiger partial charge in [-0.2, -0.15) is 0 Å². The molecule has 0 spiro atoms. The van der Waals surface area contributed by atoms with E-state index in [1.54, 1.807) is 0 Å². The van der Waals surface area contributed by atoms with E-state index in [1.807, 2.05) is 0 Å². The van der Waals surface area contributed by atoms with Crippen molar-refractivity contribution >= 4 is 22.9 Å². The summed E-state index contributed by atoms with van der Waals surface area (Å²) in [6, 6.07) is 0. The van der Waals surface area contributed by atoms with E-state index in [1.165, 1.54) is 0 Å². The van der Waals surface area contributed by atoms with E-state index in [0.29, 0.717) is 43.4 Å². The maximum atomic E-state index is 11.8. The SMILES string of the molecule is [2H]C([2H])([2H])C(O)(CCCC(C)(CC=O)[C@H]1CCC2[C@@H](O[Si](C)(C)C(C)(C)C)CCC[C@@]21C)C([2H])([2H])[2H].[2H]C([2H])([2H])C(O)(CCCC(C)(CCO)[C@H]1CCC2[C@@H](O[Si](C)(C)C(C)(C)C)CCC[C@@]21C)C([2H])([2H])[2H]. The fourth-order valence-corrected chi connectivity index (χ4v) is 15.5. The third-order valence-electron chi connectivity index (χ3n) is 18.1. The van der Waals surface area contributed by atoms with Gasteiger partial charge >= 0.3 is 0 Å². The fourth-order valence-electron chi connectivity index (χ4n) is 12.8. The lowest BCUT2D eigenvalue weighted by atomic mass is 9.56. The van der Waals surface area contributed by atoms with Crippen molar-refractivity contribution in [2.24, 2.45) is 45.3 Å². The van der Waals surface area contributed by atoms with Gasteiger partial charge in [-0.25, -0.2) is 0 Å². The Balaban J connectivity index is 0.000000380. The molecule has 354 valence electrons. The molecule has 0 bridgehead atoms. The predicted octanol–water partition coefficient (Wildman–Crippen LogP) is 14.1. The minimum absolute atomic E-state index is 0.00734. The van der Waals surface area contributed by atoms with Gasteiger partial charge in [0.15, 0.2) is 16.6 Å². The predicted molar refractivity (Wildman–Crippen MR) is 259 cm³/mol. The topological polar surface area (TPSA) is 96.2 Å². The van der Waals surface area contributed by atoms with Crippen LogP contribution in [0.5, 0.6) is 0 Å². The van der Waals surface area contributed by atoms with E-state index in [2.05, 4.69) is 95.4 Å². The van der Waals surface area contributed by atoms with Crippen LogP contribution in [0.3, 0.4) is 0 Å². The molecule has 0 radical (unpaired) electrons. The minimum Gasteiger partial charge on any atom is -0.414 e. The number of rotatable bonds is 18. The van der Waals surface area contributed by atoms with E-state index >= 15 is 0 Å². The van der Waals surface area contributed by atoms with Gasteiger partial charge in [0.2, 0.25) is 0 Å². The molecule has 0 aromatic rings. The molecular formula is C52H102O6Si2. The molecule has 4 aliphatic carbocycles. The summed E-state index contributed by atoms with van der Waals surface area (Å²) in [6.45, 7) is 19.9. The van der Waals surface area contributed by atoms with Gasteiger partial charge in [-0.3, -0.25) is 0 Å². The zero-order chi connectivity index (χ0) is 56.0. The van der Waals surface area contributed by atoms with Crippen molar-refractivity contribution in [2.75, 3.05) is 6.61 Å². The maximum Gasteiger partial charge on any atom is 0.192 e. The molecule has 4 rings (SSSR count). The highest BCUT2D eigenvalue weighted by Gasteiger charge is 2.59. The van der Waals surface area contributed by atoms with Crippen LogP contribution in [0.1, 0.15) is 229 Å². The van der Waals surface area contributed by atoms with Gasteiger partial charge in [0, 0.05) is 41.7 Å². The van der Waals surface area contributed by atoms with Crippen LogP contribution in [-0.4, -0.2) is 68.3 Å². The average molecular weight is 892 g/mol. The van der Waals surface area contributed by atoms with Crippen molar-refractivity contribution in [3.8, 4) is 0 Å². The first-order valence-electron chi connectivity index (χ1n) is 30.0. The van der Waals surface area contributed by atoms with Crippen LogP contribution in [0.2, 0.25) is 36.3 Å². The van der Waals surface area contributed by atoms with Crippen molar-refractivity contribution in [3.63, 3.8) is 0 Å². The molecule has 60 heavy (non-hydrogen) atoms. The molecular weight excluding hydrogens is 777 g/mol. The fraction of sp³-hybridized carbons (Fsp3) is 0.981. The Bertz CT molecular complexity index is 1750. The number of hydrogen-bond donors (Lipinski definition) is 3. The number of hydrogen-bond acceptors (Lipinski definition) is 6.